The van der Waals surface area contributed by atoms with Crippen molar-refractivity contribution in [3.63, 3.8) is 0 Å². The van der Waals surface area contributed by atoms with Crippen LogP contribution in [0, 0.1) is 0 Å². The topological polar surface area (TPSA) is 60.8 Å². The minimum atomic E-state index is 0.0484. The van der Waals surface area contributed by atoms with E-state index in [4.69, 9.17) is 9.98 Å². The molecule has 0 amide bonds. The summed E-state index contributed by atoms with van der Waals surface area (Å²) < 4.78 is 0. The molecule has 0 saturated heterocycles. The maximum Gasteiger partial charge on any atom is 0.112 e. The minimum Gasteiger partial charge on any atom is -0.363 e. The van der Waals surface area contributed by atoms with Crippen LogP contribution in [0.3, 0.4) is 0 Å². The molecule has 184 valence electrons. The van der Waals surface area contributed by atoms with Gasteiger partial charge in [0.05, 0.1) is 25.2 Å². The Hall–Kier alpha value is -4.22. The molecule has 2 aliphatic heterocycles. The van der Waals surface area contributed by atoms with E-state index >= 15 is 0 Å². The normalized spacial score (nSPS) is 22.6. The smallest absolute Gasteiger partial charge is 0.112 e. The van der Waals surface area contributed by atoms with Crippen molar-refractivity contribution in [2.45, 2.75) is 24.2 Å². The van der Waals surface area contributed by atoms with Gasteiger partial charge < -0.3 is 16.0 Å². The van der Waals surface area contributed by atoms with Crippen molar-refractivity contribution in [1.82, 2.24) is 16.0 Å². The van der Waals surface area contributed by atoms with Crippen LogP contribution in [0.15, 0.2) is 131 Å². The molecule has 0 radical (unpaired) electrons. The number of amidine groups is 2. The number of nitrogens with one attached hydrogen (secondary N) is 3. The van der Waals surface area contributed by atoms with E-state index in [0.29, 0.717) is 13.1 Å². The van der Waals surface area contributed by atoms with Gasteiger partial charge in [0.2, 0.25) is 0 Å². The predicted molar refractivity (Wildman–Crippen MR) is 151 cm³/mol. The largest absolute Gasteiger partial charge is 0.363 e. The molecule has 0 aliphatic carbocycles. The lowest BCUT2D eigenvalue weighted by molar-refractivity contribution is 0.570. The zero-order chi connectivity index (χ0) is 24.9. The lowest BCUT2D eigenvalue weighted by atomic mass is 9.95. The SMILES string of the molecule is c1ccc(C2N=C(CNCC3=NC(c4ccccc4)C(c4ccccc4)N3)NC2c2ccccc2)cc1. The van der Waals surface area contributed by atoms with Crippen molar-refractivity contribution < 1.29 is 0 Å². The van der Waals surface area contributed by atoms with Crippen molar-refractivity contribution in [2.75, 3.05) is 13.1 Å². The molecule has 2 heterocycles. The van der Waals surface area contributed by atoms with Crippen LogP contribution in [-0.2, 0) is 0 Å². The van der Waals surface area contributed by atoms with E-state index in [1.165, 1.54) is 22.3 Å². The summed E-state index contributed by atoms with van der Waals surface area (Å²) in [5.74, 6) is 1.95. The van der Waals surface area contributed by atoms with Gasteiger partial charge in [-0.2, -0.15) is 0 Å². The van der Waals surface area contributed by atoms with Crippen LogP contribution >= 0.6 is 0 Å². The fourth-order valence-electron chi connectivity index (χ4n) is 5.26. The number of rotatable bonds is 8. The average molecular weight is 486 g/mol. The van der Waals surface area contributed by atoms with E-state index in [2.05, 4.69) is 137 Å². The standard InChI is InChI=1S/C32H31N5/c1-5-13-23(14-6-1)29-30(24-15-7-2-8-16-24)35-27(34-29)21-33-22-28-36-31(25-17-9-3-10-18-25)32(37-28)26-19-11-4-12-20-26/h1-20,29-33H,21-22H2,(H,34,35)(H,36,37). The third kappa shape index (κ3) is 5.18. The van der Waals surface area contributed by atoms with Crippen LogP contribution < -0.4 is 16.0 Å². The lowest BCUT2D eigenvalue weighted by Crippen LogP contribution is -2.38. The van der Waals surface area contributed by atoms with Gasteiger partial charge in [-0.15, -0.1) is 0 Å². The van der Waals surface area contributed by atoms with Gasteiger partial charge in [0.25, 0.3) is 0 Å². The van der Waals surface area contributed by atoms with E-state index < -0.39 is 0 Å². The Labute approximate surface area is 218 Å². The lowest BCUT2D eigenvalue weighted by Gasteiger charge is -2.20. The van der Waals surface area contributed by atoms with Crippen LogP contribution in [0.2, 0.25) is 0 Å². The van der Waals surface area contributed by atoms with Gasteiger partial charge in [0.15, 0.2) is 0 Å². The second-order valence-corrected chi connectivity index (χ2v) is 9.53. The molecular formula is C32H31N5. The Morgan fingerprint density at radius 2 is 0.784 bits per heavy atom. The summed E-state index contributed by atoms with van der Waals surface area (Å²) in [6.07, 6.45) is 0. The maximum atomic E-state index is 5.09. The van der Waals surface area contributed by atoms with Crippen molar-refractivity contribution in [1.29, 1.82) is 0 Å². The summed E-state index contributed by atoms with van der Waals surface area (Å²) >= 11 is 0. The van der Waals surface area contributed by atoms with Crippen LogP contribution in [-0.4, -0.2) is 24.8 Å². The monoisotopic (exact) mass is 485 g/mol. The highest BCUT2D eigenvalue weighted by molar-refractivity contribution is 5.89. The number of benzene rings is 4. The molecule has 4 atom stereocenters. The Morgan fingerprint density at radius 3 is 1.14 bits per heavy atom. The fourth-order valence-corrected chi connectivity index (χ4v) is 5.26. The molecule has 0 aromatic heterocycles. The first-order chi connectivity index (χ1) is 18.3. The summed E-state index contributed by atoms with van der Waals surface area (Å²) in [6.45, 7) is 1.30. The van der Waals surface area contributed by atoms with Crippen LogP contribution in [0.25, 0.3) is 0 Å². The van der Waals surface area contributed by atoms with E-state index in [9.17, 15) is 0 Å². The molecule has 5 nitrogen and oxygen atoms in total. The quantitative estimate of drug-likeness (QED) is 0.307. The van der Waals surface area contributed by atoms with Crippen LogP contribution in [0.5, 0.6) is 0 Å². The van der Waals surface area contributed by atoms with Crippen molar-refractivity contribution in [2.24, 2.45) is 9.98 Å². The summed E-state index contributed by atoms with van der Waals surface area (Å²) in [6, 6.07) is 42.6. The van der Waals surface area contributed by atoms with E-state index in [1.54, 1.807) is 0 Å². The molecule has 4 aromatic carbocycles. The second kappa shape index (κ2) is 10.8. The Balaban J connectivity index is 1.15. The minimum absolute atomic E-state index is 0.0484. The number of hydrogen-bond acceptors (Lipinski definition) is 5. The van der Waals surface area contributed by atoms with Crippen LogP contribution in [0.4, 0.5) is 0 Å². The zero-order valence-electron chi connectivity index (χ0n) is 20.7. The van der Waals surface area contributed by atoms with Crippen LogP contribution in [0.1, 0.15) is 46.4 Å². The molecule has 3 N–H and O–H groups in total. The first-order valence-corrected chi connectivity index (χ1v) is 12.9. The van der Waals surface area contributed by atoms with Crippen molar-refractivity contribution in [3.8, 4) is 0 Å². The maximum absolute atomic E-state index is 5.09. The molecule has 37 heavy (non-hydrogen) atoms. The number of hydrogen-bond donors (Lipinski definition) is 3. The average Bonchev–Trinajstić information content (AvgIpc) is 3.60. The highest BCUT2D eigenvalue weighted by Gasteiger charge is 2.32. The molecule has 0 saturated carbocycles. The molecule has 0 bridgehead atoms. The fraction of sp³-hybridized carbons (Fsp3) is 0.188. The van der Waals surface area contributed by atoms with Crippen molar-refractivity contribution in [3.05, 3.63) is 144 Å². The molecule has 5 heteroatoms. The van der Waals surface area contributed by atoms with E-state index in [1.807, 2.05) is 0 Å². The molecule has 2 aliphatic rings. The van der Waals surface area contributed by atoms with Gasteiger partial charge in [-0.1, -0.05) is 121 Å². The van der Waals surface area contributed by atoms with Gasteiger partial charge in [0.1, 0.15) is 23.8 Å². The highest BCUT2D eigenvalue weighted by atomic mass is 15.2. The first kappa shape index (κ1) is 23.2. The van der Waals surface area contributed by atoms with Crippen molar-refractivity contribution >= 4 is 11.7 Å². The van der Waals surface area contributed by atoms with E-state index in [0.717, 1.165) is 11.7 Å². The molecule has 0 fully saturated rings. The molecule has 4 aromatic rings. The zero-order valence-corrected chi connectivity index (χ0v) is 20.7. The summed E-state index contributed by atoms with van der Waals surface area (Å²) in [5, 5.41) is 10.9. The first-order valence-electron chi connectivity index (χ1n) is 12.9. The molecule has 6 rings (SSSR count). The van der Waals surface area contributed by atoms with Gasteiger partial charge in [0, 0.05) is 0 Å². The summed E-state index contributed by atoms with van der Waals surface area (Å²) in [4.78, 5) is 10.2. The Morgan fingerprint density at radius 1 is 0.459 bits per heavy atom. The summed E-state index contributed by atoms with van der Waals surface area (Å²) in [5.41, 5.74) is 4.93. The van der Waals surface area contributed by atoms with Gasteiger partial charge in [-0.05, 0) is 22.3 Å². The second-order valence-electron chi connectivity index (χ2n) is 9.53. The Bertz CT molecular complexity index is 1250. The Kier molecular flexibility index (Phi) is 6.78. The van der Waals surface area contributed by atoms with Gasteiger partial charge in [-0.3, -0.25) is 9.98 Å². The molecule has 0 spiro atoms. The molecular weight excluding hydrogens is 454 g/mol. The number of nitrogens with zero attached hydrogens (tertiary/aromatic N) is 2. The predicted octanol–water partition coefficient (Wildman–Crippen LogP) is 5.54. The van der Waals surface area contributed by atoms with Gasteiger partial charge in [-0.25, -0.2) is 0 Å². The third-order valence-corrected chi connectivity index (χ3v) is 7.05. The van der Waals surface area contributed by atoms with Gasteiger partial charge >= 0.3 is 0 Å². The molecule has 4 unspecified atom stereocenters. The number of aliphatic imine (C=N–C) groups is 2. The third-order valence-electron chi connectivity index (χ3n) is 7.05. The highest BCUT2D eigenvalue weighted by Crippen LogP contribution is 2.37. The summed E-state index contributed by atoms with van der Waals surface area (Å²) in [7, 11) is 0. The van der Waals surface area contributed by atoms with E-state index in [-0.39, 0.29) is 24.2 Å².